The van der Waals surface area contributed by atoms with Crippen molar-refractivity contribution in [1.29, 1.82) is 0 Å². The lowest BCUT2D eigenvalue weighted by atomic mass is 10.8. The number of nitrogens with zero attached hydrogens (tertiary/aromatic N) is 4. The summed E-state index contributed by atoms with van der Waals surface area (Å²) in [5.41, 5.74) is 0. The monoisotopic (exact) mass is 173 g/mol. The van der Waals surface area contributed by atoms with Gasteiger partial charge in [0.05, 0.1) is 0 Å². The predicted molar refractivity (Wildman–Crippen MR) is 35.7 cm³/mol. The van der Waals surface area contributed by atoms with E-state index in [1.807, 2.05) is 0 Å². The SMILES string of the molecule is Nn1cc([N+](=O)[O-])nc1[N+](=O)[O-]. The summed E-state index contributed by atoms with van der Waals surface area (Å²) in [7, 11) is 0. The summed E-state index contributed by atoms with van der Waals surface area (Å²) in [6.07, 6.45) is 0.762. The number of aromatic nitrogens is 2. The molecule has 2 N–H and O–H groups in total. The molecule has 9 nitrogen and oxygen atoms in total. The molecule has 0 aliphatic rings. The maximum atomic E-state index is 10.1. The fourth-order valence-electron chi connectivity index (χ4n) is 0.594. The van der Waals surface area contributed by atoms with Gasteiger partial charge in [0.25, 0.3) is 0 Å². The topological polar surface area (TPSA) is 130 Å². The molecule has 1 rings (SSSR count). The van der Waals surface area contributed by atoms with Crippen LogP contribution in [0.15, 0.2) is 6.20 Å². The Bertz CT molecular complexity index is 342. The Labute approximate surface area is 64.7 Å². The zero-order chi connectivity index (χ0) is 9.30. The average molecular weight is 173 g/mol. The number of nitro groups is 2. The number of nitrogen functional groups attached to an aromatic ring is 1. The zero-order valence-corrected chi connectivity index (χ0v) is 5.58. The maximum absolute atomic E-state index is 10.1. The molecule has 0 saturated heterocycles. The van der Waals surface area contributed by atoms with Gasteiger partial charge in [-0.15, -0.1) is 4.68 Å². The minimum atomic E-state index is -0.910. The largest absolute Gasteiger partial charge is 0.460 e. The molecule has 0 aliphatic heterocycles. The van der Waals surface area contributed by atoms with Crippen LogP contribution in [-0.4, -0.2) is 19.5 Å². The molecule has 0 unspecified atom stereocenters. The lowest BCUT2D eigenvalue weighted by Crippen LogP contribution is -2.10. The van der Waals surface area contributed by atoms with Crippen LogP contribution in [0.25, 0.3) is 0 Å². The normalized spacial score (nSPS) is 9.67. The fraction of sp³-hybridized carbons (Fsp3) is 0. The van der Waals surface area contributed by atoms with Crippen LogP contribution in [0.1, 0.15) is 0 Å². The highest BCUT2D eigenvalue weighted by atomic mass is 16.6. The molecule has 0 amide bonds. The van der Waals surface area contributed by atoms with Crippen molar-refractivity contribution < 1.29 is 9.85 Å². The maximum Gasteiger partial charge on any atom is 0.460 e. The number of rotatable bonds is 2. The van der Waals surface area contributed by atoms with Gasteiger partial charge in [-0.3, -0.25) is 5.84 Å². The van der Waals surface area contributed by atoms with E-state index in [9.17, 15) is 20.2 Å². The fourth-order valence-corrected chi connectivity index (χ4v) is 0.594. The van der Waals surface area contributed by atoms with Crippen LogP contribution in [0.5, 0.6) is 0 Å². The minimum Gasteiger partial charge on any atom is -0.390 e. The van der Waals surface area contributed by atoms with Gasteiger partial charge in [0.2, 0.25) is 0 Å². The molecular formula is C3H3N5O4. The zero-order valence-electron chi connectivity index (χ0n) is 5.58. The van der Waals surface area contributed by atoms with Crippen LogP contribution < -0.4 is 5.84 Å². The molecule has 0 bridgehead atoms. The summed E-state index contributed by atoms with van der Waals surface area (Å²) < 4.78 is 0.484. The predicted octanol–water partition coefficient (Wildman–Crippen LogP) is -0.587. The van der Waals surface area contributed by atoms with E-state index in [1.54, 1.807) is 0 Å². The lowest BCUT2D eigenvalue weighted by Gasteiger charge is -1.89. The second-order valence-electron chi connectivity index (χ2n) is 1.82. The third kappa shape index (κ3) is 1.14. The van der Waals surface area contributed by atoms with Gasteiger partial charge in [0, 0.05) is 0 Å². The molecule has 12 heavy (non-hydrogen) atoms. The highest BCUT2D eigenvalue weighted by molar-refractivity contribution is 5.24. The van der Waals surface area contributed by atoms with Crippen molar-refractivity contribution in [3.8, 4) is 0 Å². The quantitative estimate of drug-likeness (QED) is 0.361. The average Bonchev–Trinajstić information content (AvgIpc) is 2.30. The first-order valence-electron chi connectivity index (χ1n) is 2.65. The van der Waals surface area contributed by atoms with Crippen LogP contribution >= 0.6 is 0 Å². The lowest BCUT2D eigenvalue weighted by molar-refractivity contribution is -0.403. The van der Waals surface area contributed by atoms with Gasteiger partial charge in [0.15, 0.2) is 6.20 Å². The first-order chi connectivity index (χ1) is 5.52. The van der Waals surface area contributed by atoms with Crippen LogP contribution in [0.4, 0.5) is 11.8 Å². The molecule has 9 heteroatoms. The number of imidazole rings is 1. The number of nitrogens with two attached hydrogens (primary N) is 1. The standard InChI is InChI=1S/C3H3N5O4/c4-6-1-2(7(9)10)5-3(6)8(11)12/h1H,4H2. The van der Waals surface area contributed by atoms with E-state index >= 15 is 0 Å². The van der Waals surface area contributed by atoms with E-state index in [-0.39, 0.29) is 0 Å². The molecular weight excluding hydrogens is 170 g/mol. The molecule has 0 fully saturated rings. The van der Waals surface area contributed by atoms with Crippen molar-refractivity contribution in [2.24, 2.45) is 0 Å². The van der Waals surface area contributed by atoms with Gasteiger partial charge >= 0.3 is 11.8 Å². The highest BCUT2D eigenvalue weighted by Crippen LogP contribution is 2.13. The van der Waals surface area contributed by atoms with Crippen LogP contribution in [0, 0.1) is 20.2 Å². The van der Waals surface area contributed by atoms with E-state index in [2.05, 4.69) is 4.98 Å². The molecule has 1 aromatic heterocycles. The molecule has 1 aromatic rings. The summed E-state index contributed by atoms with van der Waals surface area (Å²) in [5, 5.41) is 20.1. The summed E-state index contributed by atoms with van der Waals surface area (Å²) in [5.74, 6) is 3.58. The van der Waals surface area contributed by atoms with E-state index in [4.69, 9.17) is 5.84 Å². The molecule has 0 aromatic carbocycles. The third-order valence-electron chi connectivity index (χ3n) is 1.05. The van der Waals surface area contributed by atoms with Crippen molar-refractivity contribution in [2.45, 2.75) is 0 Å². The smallest absolute Gasteiger partial charge is 0.390 e. The van der Waals surface area contributed by atoms with Gasteiger partial charge in [-0.1, -0.05) is 0 Å². The second-order valence-corrected chi connectivity index (χ2v) is 1.82. The molecule has 0 atom stereocenters. The van der Waals surface area contributed by atoms with Gasteiger partial charge < -0.3 is 20.2 Å². The van der Waals surface area contributed by atoms with Crippen LogP contribution in [0.2, 0.25) is 0 Å². The van der Waals surface area contributed by atoms with Crippen molar-refractivity contribution in [1.82, 2.24) is 9.66 Å². The number of hydrogen-bond acceptors (Lipinski definition) is 6. The Balaban J connectivity index is 3.17. The molecule has 0 saturated carbocycles. The van der Waals surface area contributed by atoms with Gasteiger partial charge in [-0.25, -0.2) is 0 Å². The molecule has 64 valence electrons. The Kier molecular flexibility index (Phi) is 1.62. The summed E-state index contributed by atoms with van der Waals surface area (Å²) in [6.45, 7) is 0. The van der Waals surface area contributed by atoms with E-state index < -0.39 is 21.6 Å². The van der Waals surface area contributed by atoms with Gasteiger partial charge in [0.1, 0.15) is 0 Å². The van der Waals surface area contributed by atoms with Crippen LogP contribution in [0.3, 0.4) is 0 Å². The molecule has 0 spiro atoms. The summed E-state index contributed by atoms with van der Waals surface area (Å²) in [4.78, 5) is 21.4. The molecule has 0 radical (unpaired) electrons. The van der Waals surface area contributed by atoms with E-state index in [0.717, 1.165) is 6.20 Å². The second kappa shape index (κ2) is 2.45. The van der Waals surface area contributed by atoms with Crippen molar-refractivity contribution in [3.63, 3.8) is 0 Å². The minimum absolute atomic E-state index is 0.484. The third-order valence-corrected chi connectivity index (χ3v) is 1.05. The van der Waals surface area contributed by atoms with Gasteiger partial charge in [-0.2, -0.15) is 0 Å². The number of hydrogen-bond donors (Lipinski definition) is 1. The Morgan fingerprint density at radius 2 is 2.00 bits per heavy atom. The van der Waals surface area contributed by atoms with E-state index in [0.29, 0.717) is 4.68 Å². The van der Waals surface area contributed by atoms with E-state index in [1.165, 1.54) is 0 Å². The Morgan fingerprint density at radius 3 is 2.25 bits per heavy atom. The first-order valence-corrected chi connectivity index (χ1v) is 2.65. The first kappa shape index (κ1) is 7.91. The Hall–Kier alpha value is -2.19. The summed E-state index contributed by atoms with van der Waals surface area (Å²) in [6, 6.07) is 0. The molecule has 0 aliphatic carbocycles. The van der Waals surface area contributed by atoms with Crippen molar-refractivity contribution in [3.05, 3.63) is 26.4 Å². The van der Waals surface area contributed by atoms with Crippen LogP contribution in [-0.2, 0) is 0 Å². The van der Waals surface area contributed by atoms with Crippen molar-refractivity contribution >= 4 is 11.8 Å². The highest BCUT2D eigenvalue weighted by Gasteiger charge is 2.21. The van der Waals surface area contributed by atoms with Gasteiger partial charge in [-0.05, 0) is 14.8 Å². The summed E-state index contributed by atoms with van der Waals surface area (Å²) >= 11 is 0. The Morgan fingerprint density at radius 1 is 1.42 bits per heavy atom. The van der Waals surface area contributed by atoms with Crippen molar-refractivity contribution in [2.75, 3.05) is 5.84 Å². The molecule has 1 heterocycles.